The molecule has 0 unspecified atom stereocenters. The van der Waals surface area contributed by atoms with Crippen LogP contribution in [0.5, 0.6) is 0 Å². The molecule has 0 radical (unpaired) electrons. The number of allylic oxidation sites excluding steroid dienone is 1. The first kappa shape index (κ1) is 9.36. The summed E-state index contributed by atoms with van der Waals surface area (Å²) < 4.78 is 10.2. The van der Waals surface area contributed by atoms with Crippen molar-refractivity contribution in [2.75, 3.05) is 0 Å². The quantitative estimate of drug-likeness (QED) is 0.401. The molecule has 0 heterocycles. The van der Waals surface area contributed by atoms with Crippen LogP contribution in [0.3, 0.4) is 0 Å². The third-order valence-electron chi connectivity index (χ3n) is 0.792. The number of hydrogen-bond acceptors (Lipinski definition) is 2. The van der Waals surface area contributed by atoms with Gasteiger partial charge in [0, 0.05) is 11.4 Å². The van der Waals surface area contributed by atoms with Crippen molar-refractivity contribution in [2.45, 2.75) is 6.92 Å². The second-order valence-corrected chi connectivity index (χ2v) is 3.46. The van der Waals surface area contributed by atoms with Gasteiger partial charge in [-0.3, -0.25) is 4.57 Å². The molecule has 6 heteroatoms. The van der Waals surface area contributed by atoms with E-state index in [9.17, 15) is 9.36 Å². The van der Waals surface area contributed by atoms with Crippen molar-refractivity contribution in [3.8, 4) is 0 Å². The van der Waals surface area contributed by atoms with Crippen molar-refractivity contribution >= 4 is 13.6 Å². The molecular formula is C4H7O5P. The molecule has 0 bridgehead atoms. The zero-order valence-corrected chi connectivity index (χ0v) is 6.08. The summed E-state index contributed by atoms with van der Waals surface area (Å²) in [5.41, 5.74) is 0. The smallest absolute Gasteiger partial charge is 0.352 e. The second-order valence-electron chi connectivity index (χ2n) is 1.67. The van der Waals surface area contributed by atoms with E-state index in [-0.39, 0.29) is 0 Å². The van der Waals surface area contributed by atoms with Crippen LogP contribution in [-0.2, 0) is 9.36 Å². The second kappa shape index (κ2) is 2.96. The Morgan fingerprint density at radius 3 is 2.00 bits per heavy atom. The minimum atomic E-state index is -4.33. The van der Waals surface area contributed by atoms with Gasteiger partial charge < -0.3 is 14.9 Å². The lowest BCUT2D eigenvalue weighted by Gasteiger charge is -2.00. The van der Waals surface area contributed by atoms with Gasteiger partial charge >= 0.3 is 13.6 Å². The molecule has 3 N–H and O–H groups in total. The van der Waals surface area contributed by atoms with Crippen molar-refractivity contribution in [1.82, 2.24) is 0 Å². The summed E-state index contributed by atoms with van der Waals surface area (Å²) in [6.07, 6.45) is 0.487. The normalized spacial score (nSPS) is 13.3. The van der Waals surface area contributed by atoms with Gasteiger partial charge in [-0.1, -0.05) is 0 Å². The summed E-state index contributed by atoms with van der Waals surface area (Å²) in [6, 6.07) is 0. The average molecular weight is 166 g/mol. The molecule has 0 aliphatic heterocycles. The Balaban J connectivity index is 4.52. The fourth-order valence-corrected chi connectivity index (χ4v) is 0.541. The molecule has 0 saturated carbocycles. The predicted molar refractivity (Wildman–Crippen MR) is 33.4 cm³/mol. The van der Waals surface area contributed by atoms with E-state index in [0.717, 1.165) is 6.92 Å². The monoisotopic (exact) mass is 166 g/mol. The van der Waals surface area contributed by atoms with Gasteiger partial charge in [-0.25, -0.2) is 4.79 Å². The molecule has 0 rings (SSSR count). The maximum absolute atomic E-state index is 10.2. The van der Waals surface area contributed by atoms with Crippen LogP contribution in [0.4, 0.5) is 0 Å². The van der Waals surface area contributed by atoms with Gasteiger partial charge in [0.25, 0.3) is 0 Å². The van der Waals surface area contributed by atoms with Crippen molar-refractivity contribution in [3.05, 3.63) is 11.4 Å². The van der Waals surface area contributed by atoms with Gasteiger partial charge in [-0.2, -0.15) is 0 Å². The van der Waals surface area contributed by atoms with E-state index in [0.29, 0.717) is 6.08 Å². The minimum Gasteiger partial charge on any atom is -0.478 e. The zero-order valence-electron chi connectivity index (χ0n) is 5.18. The lowest BCUT2D eigenvalue weighted by Crippen LogP contribution is -1.90. The maximum Gasteiger partial charge on any atom is 0.352 e. The number of carboxylic acids is 1. The van der Waals surface area contributed by atoms with Crippen molar-refractivity contribution in [1.29, 1.82) is 0 Å². The Morgan fingerprint density at radius 2 is 1.90 bits per heavy atom. The molecule has 0 aromatic carbocycles. The number of rotatable bonds is 2. The lowest BCUT2D eigenvalue weighted by atomic mass is 10.5. The van der Waals surface area contributed by atoms with E-state index < -0.39 is 18.9 Å². The van der Waals surface area contributed by atoms with Gasteiger partial charge in [0.15, 0.2) is 0 Å². The Labute approximate surface area is 57.2 Å². The molecule has 0 aromatic rings. The molecule has 0 atom stereocenters. The van der Waals surface area contributed by atoms with Crippen LogP contribution in [0.25, 0.3) is 0 Å². The highest BCUT2D eigenvalue weighted by molar-refractivity contribution is 7.56. The molecule has 0 spiro atoms. The third kappa shape index (κ3) is 3.40. The largest absolute Gasteiger partial charge is 0.478 e. The van der Waals surface area contributed by atoms with Crippen LogP contribution in [0.1, 0.15) is 6.92 Å². The molecule has 0 fully saturated rings. The number of carbonyl (C=O) groups is 1. The Bertz CT molecular complexity index is 212. The maximum atomic E-state index is 10.2. The third-order valence-corrected chi connectivity index (χ3v) is 1.84. The zero-order chi connectivity index (χ0) is 8.36. The fourth-order valence-electron chi connectivity index (χ4n) is 0.263. The van der Waals surface area contributed by atoms with E-state index in [2.05, 4.69) is 0 Å². The van der Waals surface area contributed by atoms with Gasteiger partial charge in [0.05, 0.1) is 0 Å². The Morgan fingerprint density at radius 1 is 1.50 bits per heavy atom. The highest BCUT2D eigenvalue weighted by Gasteiger charge is 2.16. The Kier molecular flexibility index (Phi) is 2.77. The van der Waals surface area contributed by atoms with Crippen LogP contribution in [0.15, 0.2) is 11.4 Å². The van der Waals surface area contributed by atoms with Crippen molar-refractivity contribution < 1.29 is 24.3 Å². The van der Waals surface area contributed by atoms with E-state index >= 15 is 0 Å². The standard InChI is InChI=1S/C4H7O5P/c1-3(2-4(5)6)10(7,8)9/h2H,1H3,(H,5,6)(H2,7,8,9)/b3-2+. The van der Waals surface area contributed by atoms with Crippen LogP contribution in [0.2, 0.25) is 0 Å². The van der Waals surface area contributed by atoms with Crippen molar-refractivity contribution in [3.63, 3.8) is 0 Å². The molecule has 0 saturated heterocycles. The predicted octanol–water partition coefficient (Wildman–Crippen LogP) is 0.152. The molecule has 58 valence electrons. The number of hydrogen-bond donors (Lipinski definition) is 3. The minimum absolute atomic E-state index is 0.444. The summed E-state index contributed by atoms with van der Waals surface area (Å²) in [6.45, 7) is 1.06. The molecule has 0 amide bonds. The highest BCUT2D eigenvalue weighted by atomic mass is 31.2. The first-order valence-electron chi connectivity index (χ1n) is 2.31. The first-order valence-corrected chi connectivity index (χ1v) is 3.92. The SMILES string of the molecule is C/C(=C\C(=O)O)P(=O)(O)O. The first-order chi connectivity index (χ1) is 4.34. The van der Waals surface area contributed by atoms with Crippen LogP contribution in [0, 0.1) is 0 Å². The van der Waals surface area contributed by atoms with E-state index in [1.165, 1.54) is 0 Å². The molecule has 0 aliphatic rings. The van der Waals surface area contributed by atoms with Crippen molar-refractivity contribution in [2.24, 2.45) is 0 Å². The van der Waals surface area contributed by atoms with Gasteiger partial charge in [-0.15, -0.1) is 0 Å². The highest BCUT2D eigenvalue weighted by Crippen LogP contribution is 2.43. The summed E-state index contributed by atoms with van der Waals surface area (Å²) in [4.78, 5) is 26.5. The summed E-state index contributed by atoms with van der Waals surface area (Å²) in [7, 11) is -4.33. The van der Waals surface area contributed by atoms with E-state index in [1.54, 1.807) is 0 Å². The van der Waals surface area contributed by atoms with Gasteiger partial charge in [0.1, 0.15) is 0 Å². The van der Waals surface area contributed by atoms with E-state index in [1.807, 2.05) is 0 Å². The number of carboxylic acid groups (broad SMARTS) is 1. The average Bonchev–Trinajstić information content (AvgIpc) is 1.60. The number of aliphatic carboxylic acids is 1. The van der Waals surface area contributed by atoms with Gasteiger partial charge in [-0.05, 0) is 6.92 Å². The van der Waals surface area contributed by atoms with Gasteiger partial charge in [0.2, 0.25) is 0 Å². The molecule has 0 aromatic heterocycles. The summed E-state index contributed by atoms with van der Waals surface area (Å²) in [5, 5.41) is 7.58. The van der Waals surface area contributed by atoms with Crippen LogP contribution < -0.4 is 0 Å². The Hall–Kier alpha value is -0.640. The molecule has 10 heavy (non-hydrogen) atoms. The lowest BCUT2D eigenvalue weighted by molar-refractivity contribution is -0.131. The van der Waals surface area contributed by atoms with E-state index in [4.69, 9.17) is 14.9 Å². The topological polar surface area (TPSA) is 94.8 Å². The fraction of sp³-hybridized carbons (Fsp3) is 0.250. The molecular weight excluding hydrogens is 159 g/mol. The molecule has 5 nitrogen and oxygen atoms in total. The summed E-state index contributed by atoms with van der Waals surface area (Å²) in [5.74, 6) is -1.36. The van der Waals surface area contributed by atoms with Crippen LogP contribution >= 0.6 is 7.60 Å². The summed E-state index contributed by atoms with van der Waals surface area (Å²) >= 11 is 0. The van der Waals surface area contributed by atoms with Crippen LogP contribution in [-0.4, -0.2) is 20.9 Å². The molecule has 0 aliphatic carbocycles.